The molecule has 5 rings (SSSR count). The third kappa shape index (κ3) is 5.49. The molecule has 180 valence electrons. The Bertz CT molecular complexity index is 1210. The van der Waals surface area contributed by atoms with Crippen molar-refractivity contribution >= 4 is 23.0 Å². The summed E-state index contributed by atoms with van der Waals surface area (Å²) in [6, 6.07) is 19.6. The Labute approximate surface area is 209 Å². The number of rotatable bonds is 7. The molecule has 1 aromatic heterocycles. The molecule has 2 aromatic carbocycles. The van der Waals surface area contributed by atoms with Gasteiger partial charge in [-0.1, -0.05) is 41.6 Å². The van der Waals surface area contributed by atoms with Crippen LogP contribution in [-0.4, -0.2) is 63.5 Å². The number of thiocarbonyl (C=S) groups is 1. The molecule has 0 spiro atoms. The standard InChI is InChI=1S/C25H27N7O2S/c1-31(12-17-6-3-2-4-7-17)13-20-14-32(30-29-20)22-16-34-23-21(15-33-24(22)23)28-25(35)27-19-9-5-8-18(10-19)11-26/h2-10,14,21-24H,12-13,15-16H2,1H3,(H2,27,28,35)/t21-,22+,23-,24+/m0/s1. The van der Waals surface area contributed by atoms with Crippen LogP contribution in [-0.2, 0) is 22.6 Å². The van der Waals surface area contributed by atoms with Crippen LogP contribution in [0.2, 0.25) is 0 Å². The van der Waals surface area contributed by atoms with Crippen molar-refractivity contribution in [2.75, 3.05) is 25.6 Å². The predicted octanol–water partition coefficient (Wildman–Crippen LogP) is 2.48. The summed E-state index contributed by atoms with van der Waals surface area (Å²) >= 11 is 5.48. The van der Waals surface area contributed by atoms with Gasteiger partial charge < -0.3 is 20.1 Å². The van der Waals surface area contributed by atoms with Gasteiger partial charge in [0.05, 0.1) is 42.8 Å². The van der Waals surface area contributed by atoms with Crippen LogP contribution in [0.4, 0.5) is 5.69 Å². The molecule has 10 heteroatoms. The Hall–Kier alpha value is -3.36. The molecule has 3 heterocycles. The maximum atomic E-state index is 9.08. The number of fused-ring (bicyclic) bond motifs is 1. The van der Waals surface area contributed by atoms with Crippen molar-refractivity contribution in [1.82, 2.24) is 25.2 Å². The summed E-state index contributed by atoms with van der Waals surface area (Å²) in [5, 5.41) is 24.7. The van der Waals surface area contributed by atoms with Crippen LogP contribution in [0.15, 0.2) is 60.8 Å². The van der Waals surface area contributed by atoms with Gasteiger partial charge in [0.1, 0.15) is 18.2 Å². The molecule has 9 nitrogen and oxygen atoms in total. The molecule has 35 heavy (non-hydrogen) atoms. The molecule has 2 fully saturated rings. The van der Waals surface area contributed by atoms with Gasteiger partial charge in [-0.2, -0.15) is 5.26 Å². The van der Waals surface area contributed by atoms with Crippen molar-refractivity contribution in [1.29, 1.82) is 5.26 Å². The maximum absolute atomic E-state index is 9.08. The first-order valence-electron chi connectivity index (χ1n) is 11.5. The van der Waals surface area contributed by atoms with E-state index < -0.39 is 0 Å². The van der Waals surface area contributed by atoms with Gasteiger partial charge in [-0.3, -0.25) is 4.90 Å². The Morgan fingerprint density at radius 3 is 2.80 bits per heavy atom. The van der Waals surface area contributed by atoms with Crippen LogP contribution in [0, 0.1) is 11.3 Å². The van der Waals surface area contributed by atoms with Crippen LogP contribution < -0.4 is 10.6 Å². The fourth-order valence-corrected chi connectivity index (χ4v) is 4.88. The van der Waals surface area contributed by atoms with Crippen LogP contribution in [0.1, 0.15) is 22.9 Å². The van der Waals surface area contributed by atoms with Crippen molar-refractivity contribution in [2.45, 2.75) is 37.4 Å². The van der Waals surface area contributed by atoms with Crippen LogP contribution in [0.25, 0.3) is 0 Å². The normalized spacial score (nSPS) is 23.1. The fraction of sp³-hybridized carbons (Fsp3) is 0.360. The minimum absolute atomic E-state index is 0.0404. The highest BCUT2D eigenvalue weighted by Crippen LogP contribution is 2.34. The van der Waals surface area contributed by atoms with E-state index >= 15 is 0 Å². The average Bonchev–Trinajstić information content (AvgIpc) is 3.58. The topological polar surface area (TPSA) is 100 Å². The molecule has 3 aromatic rings. The molecule has 0 radical (unpaired) electrons. The van der Waals surface area contributed by atoms with Gasteiger partial charge in [-0.25, -0.2) is 4.68 Å². The van der Waals surface area contributed by atoms with Crippen molar-refractivity contribution in [3.8, 4) is 6.07 Å². The number of nitrogens with zero attached hydrogens (tertiary/aromatic N) is 5. The fourth-order valence-electron chi connectivity index (χ4n) is 4.61. The van der Waals surface area contributed by atoms with Gasteiger partial charge in [0.15, 0.2) is 5.11 Å². The molecule has 0 saturated carbocycles. The first-order chi connectivity index (χ1) is 17.1. The molecule has 2 aliphatic heterocycles. The zero-order chi connectivity index (χ0) is 24.2. The van der Waals surface area contributed by atoms with Gasteiger partial charge in [-0.15, -0.1) is 5.10 Å². The minimum atomic E-state index is -0.140. The monoisotopic (exact) mass is 489 g/mol. The van der Waals surface area contributed by atoms with E-state index in [1.54, 1.807) is 12.1 Å². The van der Waals surface area contributed by atoms with E-state index in [9.17, 15) is 0 Å². The third-order valence-corrected chi connectivity index (χ3v) is 6.44. The Morgan fingerprint density at radius 1 is 1.14 bits per heavy atom. The highest BCUT2D eigenvalue weighted by atomic mass is 32.1. The van der Waals surface area contributed by atoms with E-state index in [0.29, 0.717) is 30.4 Å². The second-order valence-corrected chi connectivity index (χ2v) is 9.32. The molecule has 2 aliphatic rings. The zero-order valence-corrected chi connectivity index (χ0v) is 20.2. The Balaban J connectivity index is 1.15. The molecular weight excluding hydrogens is 462 g/mol. The van der Waals surface area contributed by atoms with Crippen LogP contribution in [0.3, 0.4) is 0 Å². The average molecular weight is 490 g/mol. The zero-order valence-electron chi connectivity index (χ0n) is 19.4. The lowest BCUT2D eigenvalue weighted by atomic mass is 10.1. The molecule has 2 saturated heterocycles. The third-order valence-electron chi connectivity index (χ3n) is 6.22. The number of anilines is 1. The lowest BCUT2D eigenvalue weighted by Gasteiger charge is -2.20. The van der Waals surface area contributed by atoms with Crippen molar-refractivity contribution in [3.63, 3.8) is 0 Å². The van der Waals surface area contributed by atoms with Crippen LogP contribution >= 0.6 is 12.2 Å². The first-order valence-corrected chi connectivity index (χ1v) is 11.9. The summed E-state index contributed by atoms with van der Waals surface area (Å²) in [7, 11) is 2.07. The van der Waals surface area contributed by atoms with Gasteiger partial charge in [0.25, 0.3) is 0 Å². The van der Waals surface area contributed by atoms with E-state index in [2.05, 4.69) is 63.2 Å². The van der Waals surface area contributed by atoms with Crippen molar-refractivity contribution in [3.05, 3.63) is 77.6 Å². The Kier molecular flexibility index (Phi) is 7.01. The minimum Gasteiger partial charge on any atom is -0.371 e. The number of nitriles is 1. The molecule has 2 N–H and O–H groups in total. The summed E-state index contributed by atoms with van der Waals surface area (Å²) in [6.07, 6.45) is 1.71. The molecule has 0 unspecified atom stereocenters. The number of benzene rings is 2. The SMILES string of the molecule is CN(Cc1ccccc1)Cc1cn([C@@H]2CO[C@@H]3[C@@H]2OC[C@@H]3NC(=S)Nc2cccc(C#N)c2)nn1. The second-order valence-electron chi connectivity index (χ2n) is 8.91. The van der Waals surface area contributed by atoms with Gasteiger partial charge in [0, 0.05) is 18.8 Å². The molecular formula is C25H27N7O2S. The van der Waals surface area contributed by atoms with E-state index in [1.807, 2.05) is 29.1 Å². The molecule has 0 aliphatic carbocycles. The highest BCUT2D eigenvalue weighted by Gasteiger charge is 2.49. The summed E-state index contributed by atoms with van der Waals surface area (Å²) < 4.78 is 14.1. The smallest absolute Gasteiger partial charge is 0.171 e. The number of hydrogen-bond donors (Lipinski definition) is 2. The van der Waals surface area contributed by atoms with E-state index in [-0.39, 0.29) is 24.3 Å². The van der Waals surface area contributed by atoms with E-state index in [4.69, 9.17) is 27.0 Å². The first kappa shape index (κ1) is 23.4. The van der Waals surface area contributed by atoms with Crippen molar-refractivity contribution < 1.29 is 9.47 Å². The quantitative estimate of drug-likeness (QED) is 0.485. The van der Waals surface area contributed by atoms with Gasteiger partial charge >= 0.3 is 0 Å². The molecule has 4 atom stereocenters. The highest BCUT2D eigenvalue weighted by molar-refractivity contribution is 7.80. The van der Waals surface area contributed by atoms with E-state index in [1.165, 1.54) is 5.56 Å². The van der Waals surface area contributed by atoms with E-state index in [0.717, 1.165) is 17.9 Å². The summed E-state index contributed by atoms with van der Waals surface area (Å²) in [4.78, 5) is 2.21. The van der Waals surface area contributed by atoms with Crippen molar-refractivity contribution in [2.24, 2.45) is 0 Å². The number of nitrogens with one attached hydrogen (secondary N) is 2. The van der Waals surface area contributed by atoms with Crippen LogP contribution in [0.5, 0.6) is 0 Å². The second kappa shape index (κ2) is 10.5. The lowest BCUT2D eigenvalue weighted by molar-refractivity contribution is 0.0624. The molecule has 0 bridgehead atoms. The number of ether oxygens (including phenoxy) is 2. The number of hydrogen-bond acceptors (Lipinski definition) is 7. The molecule has 0 amide bonds. The van der Waals surface area contributed by atoms with Gasteiger partial charge in [0.2, 0.25) is 0 Å². The lowest BCUT2D eigenvalue weighted by Crippen LogP contribution is -2.45. The number of aromatic nitrogens is 3. The summed E-state index contributed by atoms with van der Waals surface area (Å²) in [6.45, 7) is 2.53. The van der Waals surface area contributed by atoms with Gasteiger partial charge in [-0.05, 0) is 43.0 Å². The maximum Gasteiger partial charge on any atom is 0.171 e. The summed E-state index contributed by atoms with van der Waals surface area (Å²) in [5.74, 6) is 0. The Morgan fingerprint density at radius 2 is 1.97 bits per heavy atom. The largest absolute Gasteiger partial charge is 0.371 e. The summed E-state index contributed by atoms with van der Waals surface area (Å²) in [5.41, 5.74) is 3.50. The predicted molar refractivity (Wildman–Crippen MR) is 134 cm³/mol.